The molecule has 0 atom stereocenters. The SMILES string of the molecule is CCCO.CCCO.O. The maximum atomic E-state index is 7.88. The van der Waals surface area contributed by atoms with Gasteiger partial charge in [-0.25, -0.2) is 0 Å². The molecular formula is C6H18O3. The third kappa shape index (κ3) is 77.1. The molecule has 0 fully saturated rings. The first kappa shape index (κ1) is 15.9. The highest BCUT2D eigenvalue weighted by Crippen LogP contribution is 1.61. The number of hydrogen-bond donors (Lipinski definition) is 2. The van der Waals surface area contributed by atoms with E-state index in [0.717, 1.165) is 12.8 Å². The fourth-order valence-corrected chi connectivity index (χ4v) is 0. The highest BCUT2D eigenvalue weighted by atomic mass is 16.3. The Morgan fingerprint density at radius 3 is 1.00 bits per heavy atom. The largest absolute Gasteiger partial charge is 0.412 e. The van der Waals surface area contributed by atoms with E-state index in [4.69, 9.17) is 10.2 Å². The highest BCUT2D eigenvalue weighted by molar-refractivity contribution is 4.10. The predicted octanol–water partition coefficient (Wildman–Crippen LogP) is -0.0473. The van der Waals surface area contributed by atoms with Crippen LogP contribution in [0.15, 0.2) is 0 Å². The number of hydrogen-bond acceptors (Lipinski definition) is 2. The van der Waals surface area contributed by atoms with Crippen molar-refractivity contribution in [1.29, 1.82) is 0 Å². The van der Waals surface area contributed by atoms with Crippen molar-refractivity contribution in [3.8, 4) is 0 Å². The first-order chi connectivity index (χ1) is 3.83. The Balaban J connectivity index is -0.0000000720. The molecule has 0 aliphatic carbocycles. The van der Waals surface area contributed by atoms with Gasteiger partial charge >= 0.3 is 0 Å². The molecule has 9 heavy (non-hydrogen) atoms. The first-order valence-corrected chi connectivity index (χ1v) is 3.05. The summed E-state index contributed by atoms with van der Waals surface area (Å²) < 4.78 is 0. The maximum absolute atomic E-state index is 7.88. The Kier molecular flexibility index (Phi) is 43.9. The number of rotatable bonds is 2. The minimum atomic E-state index is 0. The van der Waals surface area contributed by atoms with Gasteiger partial charge in [0.1, 0.15) is 0 Å². The van der Waals surface area contributed by atoms with Gasteiger partial charge in [-0.1, -0.05) is 13.8 Å². The number of aliphatic hydroxyl groups is 2. The Labute approximate surface area is 56.6 Å². The topological polar surface area (TPSA) is 72.0 Å². The third-order valence-electron chi connectivity index (χ3n) is 0.447. The van der Waals surface area contributed by atoms with Crippen LogP contribution in [0.2, 0.25) is 0 Å². The Morgan fingerprint density at radius 1 is 0.889 bits per heavy atom. The van der Waals surface area contributed by atoms with E-state index in [0.29, 0.717) is 13.2 Å². The van der Waals surface area contributed by atoms with Crippen LogP contribution in [0, 0.1) is 0 Å². The fraction of sp³-hybridized carbons (Fsp3) is 1.00. The lowest BCUT2D eigenvalue weighted by Gasteiger charge is -1.69. The molecule has 0 aromatic heterocycles. The summed E-state index contributed by atoms with van der Waals surface area (Å²) in [5.74, 6) is 0. The van der Waals surface area contributed by atoms with Crippen LogP contribution in [0.4, 0.5) is 0 Å². The molecule has 3 heteroatoms. The summed E-state index contributed by atoms with van der Waals surface area (Å²) in [6.07, 6.45) is 1.75. The lowest BCUT2D eigenvalue weighted by atomic mass is 10.5. The maximum Gasteiger partial charge on any atom is 0.0428 e. The second kappa shape index (κ2) is 24.8. The van der Waals surface area contributed by atoms with Gasteiger partial charge < -0.3 is 15.7 Å². The smallest absolute Gasteiger partial charge is 0.0428 e. The fourth-order valence-electron chi connectivity index (χ4n) is 0. The molecule has 0 aliphatic heterocycles. The molecule has 0 heterocycles. The van der Waals surface area contributed by atoms with E-state index < -0.39 is 0 Å². The van der Waals surface area contributed by atoms with Gasteiger partial charge in [-0.2, -0.15) is 0 Å². The van der Waals surface area contributed by atoms with Gasteiger partial charge in [0.15, 0.2) is 0 Å². The van der Waals surface area contributed by atoms with E-state index in [9.17, 15) is 0 Å². The molecule has 4 N–H and O–H groups in total. The molecule has 0 aromatic carbocycles. The van der Waals surface area contributed by atoms with Gasteiger partial charge in [0, 0.05) is 13.2 Å². The Morgan fingerprint density at radius 2 is 1.00 bits per heavy atom. The molecule has 0 saturated heterocycles. The summed E-state index contributed by atoms with van der Waals surface area (Å²) in [5, 5.41) is 15.8. The molecule has 0 aromatic rings. The molecule has 0 rings (SSSR count). The Hall–Kier alpha value is -0.120. The quantitative estimate of drug-likeness (QED) is 0.561. The van der Waals surface area contributed by atoms with E-state index in [1.54, 1.807) is 0 Å². The summed E-state index contributed by atoms with van der Waals surface area (Å²) in [6.45, 7) is 4.50. The monoisotopic (exact) mass is 138 g/mol. The zero-order valence-corrected chi connectivity index (χ0v) is 6.22. The Bertz CT molecular complexity index is 16.3. The minimum Gasteiger partial charge on any atom is -0.412 e. The molecule has 0 unspecified atom stereocenters. The van der Waals surface area contributed by atoms with Gasteiger partial charge in [0.25, 0.3) is 0 Å². The van der Waals surface area contributed by atoms with Crippen molar-refractivity contribution in [2.75, 3.05) is 13.2 Å². The van der Waals surface area contributed by atoms with Crippen molar-refractivity contribution in [3.05, 3.63) is 0 Å². The highest BCUT2D eigenvalue weighted by Gasteiger charge is 1.57. The second-order valence-corrected chi connectivity index (χ2v) is 1.45. The molecular weight excluding hydrogens is 120 g/mol. The van der Waals surface area contributed by atoms with Crippen LogP contribution in [0.1, 0.15) is 26.7 Å². The van der Waals surface area contributed by atoms with Gasteiger partial charge in [0.2, 0.25) is 0 Å². The zero-order valence-electron chi connectivity index (χ0n) is 6.22. The van der Waals surface area contributed by atoms with Crippen molar-refractivity contribution in [1.82, 2.24) is 0 Å². The molecule has 3 nitrogen and oxygen atoms in total. The third-order valence-corrected chi connectivity index (χ3v) is 0.447. The van der Waals surface area contributed by atoms with Gasteiger partial charge in [-0.05, 0) is 12.8 Å². The standard InChI is InChI=1S/2C3H8O.H2O/c2*1-2-3-4;/h2*4H,2-3H2,1H3;1H2. The lowest BCUT2D eigenvalue weighted by molar-refractivity contribution is 0.294. The van der Waals surface area contributed by atoms with Crippen molar-refractivity contribution in [2.24, 2.45) is 0 Å². The van der Waals surface area contributed by atoms with E-state index in [1.807, 2.05) is 13.8 Å². The van der Waals surface area contributed by atoms with E-state index >= 15 is 0 Å². The van der Waals surface area contributed by atoms with E-state index in [-0.39, 0.29) is 5.48 Å². The minimum absolute atomic E-state index is 0. The zero-order chi connectivity index (χ0) is 6.83. The molecule has 0 amide bonds. The average Bonchev–Trinajstić information content (AvgIpc) is 1.88. The average molecular weight is 138 g/mol. The summed E-state index contributed by atoms with van der Waals surface area (Å²) >= 11 is 0. The van der Waals surface area contributed by atoms with Gasteiger partial charge in [-0.3, -0.25) is 0 Å². The molecule has 60 valence electrons. The van der Waals surface area contributed by atoms with E-state index in [2.05, 4.69) is 0 Å². The molecule has 0 aliphatic rings. The first-order valence-electron chi connectivity index (χ1n) is 3.05. The molecule has 0 spiro atoms. The van der Waals surface area contributed by atoms with Crippen LogP contribution in [-0.4, -0.2) is 28.9 Å². The predicted molar refractivity (Wildman–Crippen MR) is 38.4 cm³/mol. The lowest BCUT2D eigenvalue weighted by Crippen LogP contribution is -1.69. The van der Waals surface area contributed by atoms with Crippen molar-refractivity contribution < 1.29 is 15.7 Å². The van der Waals surface area contributed by atoms with Crippen LogP contribution < -0.4 is 0 Å². The van der Waals surface area contributed by atoms with Crippen LogP contribution >= 0.6 is 0 Å². The van der Waals surface area contributed by atoms with Crippen LogP contribution in [-0.2, 0) is 0 Å². The summed E-state index contributed by atoms with van der Waals surface area (Å²) in [4.78, 5) is 0. The summed E-state index contributed by atoms with van der Waals surface area (Å²) in [7, 11) is 0. The van der Waals surface area contributed by atoms with Crippen molar-refractivity contribution >= 4 is 0 Å². The van der Waals surface area contributed by atoms with Crippen LogP contribution in [0.25, 0.3) is 0 Å². The van der Waals surface area contributed by atoms with Gasteiger partial charge in [0.05, 0.1) is 0 Å². The van der Waals surface area contributed by atoms with Crippen molar-refractivity contribution in [3.63, 3.8) is 0 Å². The van der Waals surface area contributed by atoms with Crippen molar-refractivity contribution in [2.45, 2.75) is 26.7 Å². The van der Waals surface area contributed by atoms with E-state index in [1.165, 1.54) is 0 Å². The van der Waals surface area contributed by atoms with Crippen LogP contribution in [0.5, 0.6) is 0 Å². The molecule has 0 bridgehead atoms. The summed E-state index contributed by atoms with van der Waals surface area (Å²) in [5.41, 5.74) is 0. The number of aliphatic hydroxyl groups excluding tert-OH is 2. The molecule has 0 saturated carbocycles. The summed E-state index contributed by atoms with van der Waals surface area (Å²) in [6, 6.07) is 0. The van der Waals surface area contributed by atoms with Gasteiger partial charge in [-0.15, -0.1) is 0 Å². The second-order valence-electron chi connectivity index (χ2n) is 1.45. The van der Waals surface area contributed by atoms with Crippen LogP contribution in [0.3, 0.4) is 0 Å². The molecule has 0 radical (unpaired) electrons. The normalized spacial score (nSPS) is 6.67.